The highest BCUT2D eigenvalue weighted by atomic mass is 32.1. The third-order valence-electron chi connectivity index (χ3n) is 13.9. The standard InChI is InChI=1S/C62H88N4O7S2Si/c1-13-18-40-68-57-51(33-29-47-27-30-49(31-28-47)66(17-5)38-24-22-23-25-44-72-76(11,12)61(6,7)8)74-53(59(57)70-42-20-15-3)35-36-54-60(71-43-21-16-4)58(69-41-19-14-2)52(75-54)34-32-50-55(65-10)56(48(45-63)46-64)73-62(50,9)37-26-39-67/h27-36,67H,13-26,37-44H2,1-9,11-12H3/b33-29+,34-32+,36-35+. The lowest BCUT2D eigenvalue weighted by atomic mass is 9.90. The topological polar surface area (TPSA) is 131 Å². The molecule has 0 radical (unpaired) electrons. The Kier molecular flexibility index (Phi) is 27.0. The summed E-state index contributed by atoms with van der Waals surface area (Å²) in [6.45, 7) is 37.2. The van der Waals surface area contributed by atoms with Crippen LogP contribution in [0, 0.1) is 29.2 Å². The lowest BCUT2D eigenvalue weighted by Crippen LogP contribution is -2.40. The number of unbranched alkanes of at least 4 members (excludes halogenated alkanes) is 7. The summed E-state index contributed by atoms with van der Waals surface area (Å²) in [5, 5.41) is 29.6. The summed E-state index contributed by atoms with van der Waals surface area (Å²) < 4.78 is 39.1. The van der Waals surface area contributed by atoms with E-state index in [1.165, 1.54) is 29.9 Å². The van der Waals surface area contributed by atoms with Gasteiger partial charge in [-0.3, -0.25) is 0 Å². The SMILES string of the molecule is [C-]#[N+]C1=C(/C=C/c2sc(/C=C/c3sc(/C=C/c4ccc(N(CC)CCCCCCO[Si](C)(C)C(C)(C)C)cc4)c(OCCCC)c3OCCCC)c(OCCCC)c2OCCCC)C(C)(CCCO)OC1=C(C#N)C#N. The van der Waals surface area contributed by atoms with Crippen LogP contribution in [0.2, 0.25) is 18.1 Å². The molecule has 1 unspecified atom stereocenters. The maximum Gasteiger partial charge on any atom is 0.237 e. The van der Waals surface area contributed by atoms with Gasteiger partial charge in [0.05, 0.1) is 52.5 Å². The number of allylic oxidation sites excluding steroid dienone is 1. The van der Waals surface area contributed by atoms with E-state index in [9.17, 15) is 15.6 Å². The Hall–Kier alpha value is -5.27. The highest BCUT2D eigenvalue weighted by Gasteiger charge is 2.42. The van der Waals surface area contributed by atoms with Crippen LogP contribution < -0.4 is 23.8 Å². The van der Waals surface area contributed by atoms with E-state index < -0.39 is 13.9 Å². The average molecular weight is 1090 g/mol. The Morgan fingerprint density at radius 3 is 1.57 bits per heavy atom. The molecule has 0 bridgehead atoms. The van der Waals surface area contributed by atoms with Crippen LogP contribution in [0.1, 0.15) is 177 Å². The number of aliphatic hydroxyl groups excluding tert-OH is 1. The molecule has 0 spiro atoms. The Balaban J connectivity index is 1.73. The van der Waals surface area contributed by atoms with Gasteiger partial charge in [0, 0.05) is 37.6 Å². The van der Waals surface area contributed by atoms with E-state index in [4.69, 9.17) is 34.7 Å². The molecule has 0 amide bonds. The van der Waals surface area contributed by atoms with Crippen molar-refractivity contribution >= 4 is 67.1 Å². The fourth-order valence-electron chi connectivity index (χ4n) is 8.15. The lowest BCUT2D eigenvalue weighted by Gasteiger charge is -2.36. The molecule has 1 aromatic carbocycles. The van der Waals surface area contributed by atoms with Crippen molar-refractivity contribution in [1.29, 1.82) is 10.5 Å². The van der Waals surface area contributed by atoms with Crippen LogP contribution in [-0.4, -0.2) is 71.8 Å². The quantitative estimate of drug-likeness (QED) is 0.0263. The van der Waals surface area contributed by atoms with E-state index in [0.717, 1.165) is 120 Å². The van der Waals surface area contributed by atoms with Crippen LogP contribution in [0.15, 0.2) is 52.9 Å². The molecule has 1 aliphatic heterocycles. The number of hydrogen-bond acceptors (Lipinski definition) is 12. The molecule has 0 saturated carbocycles. The molecule has 1 N–H and O–H groups in total. The van der Waals surface area contributed by atoms with Crippen LogP contribution in [0.3, 0.4) is 0 Å². The monoisotopic (exact) mass is 1090 g/mol. The third kappa shape index (κ3) is 18.2. The fourth-order valence-corrected chi connectivity index (χ4v) is 11.2. The van der Waals surface area contributed by atoms with Gasteiger partial charge in [-0.1, -0.05) is 111 Å². The van der Waals surface area contributed by atoms with Crippen LogP contribution in [0.4, 0.5) is 5.69 Å². The lowest BCUT2D eigenvalue weighted by molar-refractivity contribution is 0.0618. The zero-order valence-corrected chi connectivity index (χ0v) is 50.5. The summed E-state index contributed by atoms with van der Waals surface area (Å²) in [6, 6.07) is 12.6. The van der Waals surface area contributed by atoms with Crippen LogP contribution in [0.25, 0.3) is 35.2 Å². The van der Waals surface area contributed by atoms with Gasteiger partial charge in [-0.25, -0.2) is 4.85 Å². The number of hydrogen-bond donors (Lipinski definition) is 1. The second kappa shape index (κ2) is 32.5. The zero-order chi connectivity index (χ0) is 55.6. The van der Waals surface area contributed by atoms with E-state index in [-0.39, 0.29) is 28.7 Å². The molecule has 11 nitrogen and oxygen atoms in total. The minimum atomic E-state index is -1.70. The summed E-state index contributed by atoms with van der Waals surface area (Å²) in [7, 11) is -1.70. The van der Waals surface area contributed by atoms with Crippen LogP contribution >= 0.6 is 22.7 Å². The molecule has 0 saturated heterocycles. The number of ether oxygens (including phenoxy) is 5. The van der Waals surface area contributed by atoms with Crippen molar-refractivity contribution in [1.82, 2.24) is 0 Å². The van der Waals surface area contributed by atoms with Crippen molar-refractivity contribution in [3.8, 4) is 35.1 Å². The molecule has 3 heterocycles. The van der Waals surface area contributed by atoms with Gasteiger partial charge < -0.3 is 38.1 Å². The highest BCUT2D eigenvalue weighted by Crippen LogP contribution is 2.49. The molecule has 0 fully saturated rings. The van der Waals surface area contributed by atoms with Crippen molar-refractivity contribution < 1.29 is 33.2 Å². The summed E-state index contributed by atoms with van der Waals surface area (Å²) >= 11 is 3.15. The first-order chi connectivity index (χ1) is 36.6. The Morgan fingerprint density at radius 1 is 0.684 bits per heavy atom. The van der Waals surface area contributed by atoms with Gasteiger partial charge in [0.2, 0.25) is 5.70 Å². The first-order valence-electron chi connectivity index (χ1n) is 27.9. The number of benzene rings is 1. The summed E-state index contributed by atoms with van der Waals surface area (Å²) in [5.74, 6) is 2.70. The Morgan fingerprint density at radius 2 is 1.14 bits per heavy atom. The molecule has 414 valence electrons. The molecular weight excluding hydrogens is 1000 g/mol. The van der Waals surface area contributed by atoms with Gasteiger partial charge in [-0.05, 0) is 125 Å². The molecule has 14 heteroatoms. The molecule has 2 aromatic heterocycles. The van der Waals surface area contributed by atoms with E-state index in [0.29, 0.717) is 56.3 Å². The molecular formula is C62H88N4O7S2Si. The summed E-state index contributed by atoms with van der Waals surface area (Å²) in [5.41, 5.74) is 1.63. The first-order valence-corrected chi connectivity index (χ1v) is 32.5. The fraction of sp³-hybridized carbons (Fsp3) is 0.565. The van der Waals surface area contributed by atoms with Crippen molar-refractivity contribution in [3.63, 3.8) is 0 Å². The number of anilines is 1. The van der Waals surface area contributed by atoms with Gasteiger partial charge >= 0.3 is 0 Å². The van der Waals surface area contributed by atoms with E-state index >= 15 is 0 Å². The highest BCUT2D eigenvalue weighted by molar-refractivity contribution is 7.15. The van der Waals surface area contributed by atoms with E-state index in [2.05, 4.69) is 127 Å². The normalized spacial score (nSPS) is 14.9. The maximum absolute atomic E-state index is 9.80. The average Bonchev–Trinajstić information content (AvgIpc) is 4.01. The summed E-state index contributed by atoms with van der Waals surface area (Å²) in [6.07, 6.45) is 25.0. The van der Waals surface area contributed by atoms with Gasteiger partial charge in [0.1, 0.15) is 17.7 Å². The predicted octanol–water partition coefficient (Wildman–Crippen LogP) is 17.3. The second-order valence-electron chi connectivity index (χ2n) is 20.9. The minimum Gasteiger partial charge on any atom is -0.493 e. The van der Waals surface area contributed by atoms with Crippen LogP contribution in [-0.2, 0) is 9.16 Å². The zero-order valence-electron chi connectivity index (χ0n) is 47.8. The number of nitriles is 2. The molecule has 76 heavy (non-hydrogen) atoms. The first kappa shape index (κ1) is 63.3. The maximum atomic E-state index is 9.80. The molecule has 0 aliphatic carbocycles. The molecule has 3 aromatic rings. The molecule has 1 atom stereocenters. The van der Waals surface area contributed by atoms with Gasteiger partial charge in [-0.2, -0.15) is 10.5 Å². The van der Waals surface area contributed by atoms with Crippen molar-refractivity contribution in [3.05, 3.63) is 89.4 Å². The van der Waals surface area contributed by atoms with Gasteiger partial charge in [0.15, 0.2) is 42.6 Å². The number of thiophene rings is 2. The Labute approximate surface area is 466 Å². The smallest absolute Gasteiger partial charge is 0.237 e. The summed E-state index contributed by atoms with van der Waals surface area (Å²) in [4.78, 5) is 9.79. The third-order valence-corrected chi connectivity index (χ3v) is 20.6. The molecule has 1 aliphatic rings. The Bertz CT molecular complexity index is 2550. The number of rotatable bonds is 35. The van der Waals surface area contributed by atoms with Crippen LogP contribution in [0.5, 0.6) is 23.0 Å². The number of aliphatic hydroxyl groups is 1. The van der Waals surface area contributed by atoms with E-state index in [1.807, 2.05) is 31.2 Å². The van der Waals surface area contributed by atoms with Crippen molar-refractivity contribution in [2.45, 2.75) is 176 Å². The van der Waals surface area contributed by atoms with Gasteiger partial charge in [0.25, 0.3) is 0 Å². The van der Waals surface area contributed by atoms with Gasteiger partial charge in [-0.15, -0.1) is 22.7 Å². The predicted molar refractivity (Wildman–Crippen MR) is 321 cm³/mol. The molecule has 4 rings (SSSR count). The van der Waals surface area contributed by atoms with Crippen molar-refractivity contribution in [2.24, 2.45) is 0 Å². The van der Waals surface area contributed by atoms with E-state index in [1.54, 1.807) is 11.3 Å². The van der Waals surface area contributed by atoms with Crippen molar-refractivity contribution in [2.75, 3.05) is 57.6 Å². The minimum absolute atomic E-state index is 0.0364. The second-order valence-corrected chi connectivity index (χ2v) is 27.9. The largest absolute Gasteiger partial charge is 0.493 e. The number of nitrogens with zero attached hydrogens (tertiary/aromatic N) is 4.